The molecule has 0 radical (unpaired) electrons. The van der Waals surface area contributed by atoms with Crippen LogP contribution in [0.2, 0.25) is 0 Å². The minimum Gasteiger partial charge on any atom is -0.494 e. The number of benzene rings is 1. The third kappa shape index (κ3) is 7.05. The van der Waals surface area contributed by atoms with Crippen molar-refractivity contribution in [2.75, 3.05) is 7.11 Å². The molecule has 3 aromatic rings. The fourth-order valence-electron chi connectivity index (χ4n) is 5.19. The third-order valence-corrected chi connectivity index (χ3v) is 7.63. The Kier molecular flexibility index (Phi) is 9.27. The lowest BCUT2D eigenvalue weighted by atomic mass is 9.75. The summed E-state index contributed by atoms with van der Waals surface area (Å²) in [6, 6.07) is 5.74. The molecule has 0 bridgehead atoms. The van der Waals surface area contributed by atoms with Gasteiger partial charge in [0.15, 0.2) is 17.3 Å². The molecule has 0 saturated carbocycles. The number of carbonyl (C=O) groups excluding carboxylic acids is 2. The maximum Gasteiger partial charge on any atom is 0.306 e. The van der Waals surface area contributed by atoms with Crippen molar-refractivity contribution in [1.29, 1.82) is 0 Å². The van der Waals surface area contributed by atoms with Crippen LogP contribution < -0.4 is 4.74 Å². The first-order valence-corrected chi connectivity index (χ1v) is 13.9. The molecule has 230 valence electrons. The number of carbonyl (C=O) groups is 2. The van der Waals surface area contributed by atoms with Gasteiger partial charge >= 0.3 is 5.97 Å². The zero-order chi connectivity index (χ0) is 31.7. The second-order valence-corrected chi connectivity index (χ2v) is 11.9. The number of ketones is 1. The molecule has 11 heteroatoms. The van der Waals surface area contributed by atoms with Crippen molar-refractivity contribution in [3.63, 3.8) is 0 Å². The lowest BCUT2D eigenvalue weighted by Crippen LogP contribution is -2.51. The molecule has 4 rings (SSSR count). The van der Waals surface area contributed by atoms with E-state index >= 15 is 0 Å². The summed E-state index contributed by atoms with van der Waals surface area (Å²) in [6.45, 7) is 8.62. The molecule has 1 fully saturated rings. The van der Waals surface area contributed by atoms with Crippen LogP contribution in [0.25, 0.3) is 11.3 Å². The number of nitrogens with zero attached hydrogens (tertiary/aromatic N) is 2. The molecule has 0 spiro atoms. The Hall–Kier alpha value is -3.83. The van der Waals surface area contributed by atoms with Gasteiger partial charge in [0.05, 0.1) is 36.9 Å². The van der Waals surface area contributed by atoms with Crippen molar-refractivity contribution in [2.24, 2.45) is 5.92 Å². The number of hydrogen-bond donors (Lipinski definition) is 1. The molecule has 1 N–H and O–H groups in total. The average Bonchev–Trinajstić information content (AvgIpc) is 2.91. The summed E-state index contributed by atoms with van der Waals surface area (Å²) >= 11 is 0. The summed E-state index contributed by atoms with van der Waals surface area (Å²) in [6.07, 6.45) is 1.77. The molecule has 1 aliphatic heterocycles. The normalized spacial score (nSPS) is 22.2. The van der Waals surface area contributed by atoms with Gasteiger partial charge < -0.3 is 19.3 Å². The van der Waals surface area contributed by atoms with Crippen molar-refractivity contribution < 1.29 is 42.1 Å². The van der Waals surface area contributed by atoms with Gasteiger partial charge in [-0.05, 0) is 82.5 Å². The number of aliphatic hydroxyl groups is 1. The highest BCUT2D eigenvalue weighted by atomic mass is 19.1. The van der Waals surface area contributed by atoms with Crippen LogP contribution >= 0.6 is 0 Å². The maximum atomic E-state index is 14.9. The Morgan fingerprint density at radius 1 is 1.12 bits per heavy atom. The minimum absolute atomic E-state index is 0.0342. The second-order valence-electron chi connectivity index (χ2n) is 11.9. The highest BCUT2D eigenvalue weighted by Gasteiger charge is 2.46. The van der Waals surface area contributed by atoms with E-state index in [1.807, 2.05) is 0 Å². The number of aromatic nitrogens is 2. The van der Waals surface area contributed by atoms with E-state index < -0.39 is 69.8 Å². The first kappa shape index (κ1) is 32.1. The highest BCUT2D eigenvalue weighted by molar-refractivity contribution is 5.96. The minimum atomic E-state index is -1.32. The molecule has 3 heterocycles. The van der Waals surface area contributed by atoms with E-state index in [-0.39, 0.29) is 30.7 Å². The summed E-state index contributed by atoms with van der Waals surface area (Å²) in [7, 11) is 1.19. The standard InChI is InChI=1S/C32H35F3N2O6/c1-17-32(5,40)19(15-27(39)43-31(2,3)4)14-26(42-17)20-11-12-36-16-18(20)13-24(38)23-9-7-22(34)30(37-23)28-21(33)8-10-25(41-6)29(28)35/h7-12,16-17,19,26,40H,13-15H2,1-6H3/t17-,19+,26-,32-/m1/s1. The van der Waals surface area contributed by atoms with Gasteiger partial charge in [0, 0.05) is 24.7 Å². The number of ether oxygens (including phenoxy) is 3. The summed E-state index contributed by atoms with van der Waals surface area (Å²) in [5.74, 6) is -5.05. The Balaban J connectivity index is 1.61. The fourth-order valence-corrected chi connectivity index (χ4v) is 5.19. The molecular weight excluding hydrogens is 565 g/mol. The van der Waals surface area contributed by atoms with Gasteiger partial charge in [0.1, 0.15) is 28.6 Å². The Morgan fingerprint density at radius 2 is 1.81 bits per heavy atom. The van der Waals surface area contributed by atoms with Gasteiger partial charge in [-0.15, -0.1) is 0 Å². The first-order valence-electron chi connectivity index (χ1n) is 13.9. The summed E-state index contributed by atoms with van der Waals surface area (Å²) in [5.41, 5.74) is -2.53. The van der Waals surface area contributed by atoms with Crippen LogP contribution in [0, 0.1) is 23.4 Å². The number of pyridine rings is 2. The smallest absolute Gasteiger partial charge is 0.306 e. The molecule has 2 aromatic heterocycles. The molecule has 8 nitrogen and oxygen atoms in total. The van der Waals surface area contributed by atoms with E-state index in [2.05, 4.69) is 9.97 Å². The van der Waals surface area contributed by atoms with Gasteiger partial charge in [-0.1, -0.05) is 0 Å². The molecular formula is C32H35F3N2O6. The molecule has 1 aromatic carbocycles. The largest absolute Gasteiger partial charge is 0.494 e. The number of halogens is 3. The summed E-state index contributed by atoms with van der Waals surface area (Å²) < 4.78 is 60.7. The number of hydrogen-bond acceptors (Lipinski definition) is 8. The monoisotopic (exact) mass is 600 g/mol. The van der Waals surface area contributed by atoms with Gasteiger partial charge in [-0.2, -0.15) is 0 Å². The second kappa shape index (κ2) is 12.4. The van der Waals surface area contributed by atoms with E-state index in [0.717, 1.165) is 24.3 Å². The topological polar surface area (TPSA) is 108 Å². The van der Waals surface area contributed by atoms with E-state index in [1.165, 1.54) is 19.5 Å². The van der Waals surface area contributed by atoms with Crippen molar-refractivity contribution in [2.45, 2.75) is 77.3 Å². The van der Waals surface area contributed by atoms with Crippen molar-refractivity contribution in [1.82, 2.24) is 9.97 Å². The number of esters is 1. The fraction of sp³-hybridized carbons (Fsp3) is 0.438. The first-order chi connectivity index (χ1) is 20.1. The van der Waals surface area contributed by atoms with E-state index in [0.29, 0.717) is 11.1 Å². The van der Waals surface area contributed by atoms with E-state index in [1.54, 1.807) is 40.7 Å². The van der Waals surface area contributed by atoms with Crippen LogP contribution in [0.5, 0.6) is 5.75 Å². The Bertz CT molecular complexity index is 1520. The van der Waals surface area contributed by atoms with Crippen molar-refractivity contribution >= 4 is 11.8 Å². The van der Waals surface area contributed by atoms with Crippen LogP contribution in [0.15, 0.2) is 42.7 Å². The average molecular weight is 601 g/mol. The SMILES string of the molecule is COc1ccc(F)c(-c2nc(C(=O)Cc3cnccc3[C@H]3C[C@@H](CC(=O)OC(C)(C)C)[C@](C)(O)[C@@H](C)O3)ccc2F)c1F. The molecule has 0 amide bonds. The lowest BCUT2D eigenvalue weighted by molar-refractivity contribution is -0.200. The number of Topliss-reactive ketones (excluding diaryl/α,β-unsaturated/α-hetero) is 1. The van der Waals surface area contributed by atoms with Gasteiger partial charge in [0.2, 0.25) is 0 Å². The Labute approximate surface area is 248 Å². The van der Waals surface area contributed by atoms with E-state index in [4.69, 9.17) is 14.2 Å². The van der Waals surface area contributed by atoms with Crippen LogP contribution in [-0.4, -0.2) is 51.2 Å². The van der Waals surface area contributed by atoms with Crippen LogP contribution in [0.4, 0.5) is 13.2 Å². The highest BCUT2D eigenvalue weighted by Crippen LogP contribution is 2.43. The van der Waals surface area contributed by atoms with Gasteiger partial charge in [0.25, 0.3) is 0 Å². The van der Waals surface area contributed by atoms with Crippen molar-refractivity contribution in [3.8, 4) is 17.0 Å². The Morgan fingerprint density at radius 3 is 2.49 bits per heavy atom. The predicted octanol–water partition coefficient (Wildman–Crippen LogP) is 5.94. The molecule has 0 aliphatic carbocycles. The van der Waals surface area contributed by atoms with Crippen LogP contribution in [0.3, 0.4) is 0 Å². The van der Waals surface area contributed by atoms with Crippen LogP contribution in [0.1, 0.15) is 75.2 Å². The van der Waals surface area contributed by atoms with Crippen molar-refractivity contribution in [3.05, 3.63) is 77.0 Å². The predicted molar refractivity (Wildman–Crippen MR) is 151 cm³/mol. The van der Waals surface area contributed by atoms with E-state index in [9.17, 15) is 27.9 Å². The third-order valence-electron chi connectivity index (χ3n) is 7.63. The lowest BCUT2D eigenvalue weighted by Gasteiger charge is -2.45. The zero-order valence-electron chi connectivity index (χ0n) is 24.9. The molecule has 4 atom stereocenters. The quantitative estimate of drug-likeness (QED) is 0.250. The number of methoxy groups -OCH3 is 1. The maximum absolute atomic E-state index is 14.9. The number of rotatable bonds is 8. The van der Waals surface area contributed by atoms with Crippen LogP contribution in [-0.2, 0) is 20.7 Å². The molecule has 1 aliphatic rings. The summed E-state index contributed by atoms with van der Waals surface area (Å²) in [4.78, 5) is 34.2. The summed E-state index contributed by atoms with van der Waals surface area (Å²) in [5, 5.41) is 11.2. The molecule has 43 heavy (non-hydrogen) atoms. The van der Waals surface area contributed by atoms with Gasteiger partial charge in [-0.25, -0.2) is 18.2 Å². The molecule has 0 unspecified atom stereocenters. The van der Waals surface area contributed by atoms with Gasteiger partial charge in [-0.3, -0.25) is 14.6 Å². The zero-order valence-corrected chi connectivity index (χ0v) is 24.9. The molecule has 1 saturated heterocycles.